The molecule has 0 saturated heterocycles. The summed E-state index contributed by atoms with van der Waals surface area (Å²) in [5, 5.41) is 6.01. The number of nitrogens with one attached hydrogen (secondary N) is 1. The maximum absolute atomic E-state index is 11.8. The molecule has 0 spiro atoms. The zero-order valence-electron chi connectivity index (χ0n) is 9.45. The average molecular weight is 267 g/mol. The molecule has 5 heteroatoms. The van der Waals surface area contributed by atoms with Crippen LogP contribution in [0.2, 0.25) is 5.02 Å². The first-order valence-electron chi connectivity index (χ1n) is 5.06. The summed E-state index contributed by atoms with van der Waals surface area (Å²) in [6, 6.07) is 5.41. The van der Waals surface area contributed by atoms with Gasteiger partial charge in [-0.25, -0.2) is 4.98 Å². The Morgan fingerprint density at radius 2 is 2.18 bits per heavy atom. The monoisotopic (exact) mass is 266 g/mol. The summed E-state index contributed by atoms with van der Waals surface area (Å²) in [6.45, 7) is 3.78. The lowest BCUT2D eigenvalue weighted by Gasteiger charge is -2.05. The van der Waals surface area contributed by atoms with E-state index in [9.17, 15) is 4.79 Å². The lowest BCUT2D eigenvalue weighted by molar-refractivity contribution is 0.102. The van der Waals surface area contributed by atoms with Crippen molar-refractivity contribution in [3.05, 3.63) is 44.9 Å². The summed E-state index contributed by atoms with van der Waals surface area (Å²) in [6.07, 6.45) is 0. The second-order valence-electron chi connectivity index (χ2n) is 3.67. The van der Waals surface area contributed by atoms with Crippen molar-refractivity contribution in [1.29, 1.82) is 0 Å². The van der Waals surface area contributed by atoms with Crippen LogP contribution in [0.4, 0.5) is 5.69 Å². The summed E-state index contributed by atoms with van der Waals surface area (Å²) in [4.78, 5) is 15.9. The van der Waals surface area contributed by atoms with E-state index in [0.29, 0.717) is 16.4 Å². The molecule has 0 aliphatic heterocycles. The molecule has 0 atom stereocenters. The first-order chi connectivity index (χ1) is 8.06. The highest BCUT2D eigenvalue weighted by molar-refractivity contribution is 7.09. The van der Waals surface area contributed by atoms with Crippen LogP contribution in [-0.2, 0) is 0 Å². The highest BCUT2D eigenvalue weighted by Gasteiger charge is 2.09. The van der Waals surface area contributed by atoms with Crippen LogP contribution < -0.4 is 5.32 Å². The first kappa shape index (κ1) is 12.1. The second kappa shape index (κ2) is 4.85. The standard InChI is InChI=1S/C12H11ClN2OS/c1-7-3-4-9(5-10(7)13)15-12(16)11-6-17-8(2)14-11/h3-6H,1-2H3,(H,15,16). The van der Waals surface area contributed by atoms with Crippen LogP contribution in [0.3, 0.4) is 0 Å². The van der Waals surface area contributed by atoms with Crippen LogP contribution in [0.25, 0.3) is 0 Å². The predicted octanol–water partition coefficient (Wildman–Crippen LogP) is 3.67. The summed E-state index contributed by atoms with van der Waals surface area (Å²) < 4.78 is 0. The highest BCUT2D eigenvalue weighted by atomic mass is 35.5. The van der Waals surface area contributed by atoms with Crippen LogP contribution in [0, 0.1) is 13.8 Å². The van der Waals surface area contributed by atoms with E-state index in [1.165, 1.54) is 11.3 Å². The van der Waals surface area contributed by atoms with Crippen LogP contribution in [0.5, 0.6) is 0 Å². The number of carbonyl (C=O) groups is 1. The molecule has 1 amide bonds. The molecule has 0 aliphatic rings. The van der Waals surface area contributed by atoms with E-state index >= 15 is 0 Å². The minimum Gasteiger partial charge on any atom is -0.321 e. The van der Waals surface area contributed by atoms with Gasteiger partial charge < -0.3 is 5.32 Å². The number of carbonyl (C=O) groups excluding carboxylic acids is 1. The van der Waals surface area contributed by atoms with Crippen molar-refractivity contribution in [1.82, 2.24) is 4.98 Å². The summed E-state index contributed by atoms with van der Waals surface area (Å²) in [5.74, 6) is -0.214. The molecule has 0 radical (unpaired) electrons. The zero-order chi connectivity index (χ0) is 12.4. The lowest BCUT2D eigenvalue weighted by atomic mass is 10.2. The third-order valence-electron chi connectivity index (χ3n) is 2.28. The Morgan fingerprint density at radius 3 is 2.76 bits per heavy atom. The van der Waals surface area contributed by atoms with Crippen molar-refractivity contribution in [2.75, 3.05) is 5.32 Å². The fourth-order valence-corrected chi connectivity index (χ4v) is 2.11. The Balaban J connectivity index is 2.15. The number of amides is 1. The van der Waals surface area contributed by atoms with Crippen molar-refractivity contribution in [2.45, 2.75) is 13.8 Å². The van der Waals surface area contributed by atoms with Crippen LogP contribution in [0.15, 0.2) is 23.6 Å². The van der Waals surface area contributed by atoms with Crippen molar-refractivity contribution in [3.8, 4) is 0 Å². The number of hydrogen-bond acceptors (Lipinski definition) is 3. The van der Waals surface area contributed by atoms with Gasteiger partial charge in [0.1, 0.15) is 5.69 Å². The zero-order valence-corrected chi connectivity index (χ0v) is 11.0. The summed E-state index contributed by atoms with van der Waals surface area (Å²) >= 11 is 7.43. The molecular formula is C12H11ClN2OS. The summed E-state index contributed by atoms with van der Waals surface area (Å²) in [5.41, 5.74) is 2.09. The molecule has 1 heterocycles. The molecule has 17 heavy (non-hydrogen) atoms. The van der Waals surface area contributed by atoms with E-state index < -0.39 is 0 Å². The van der Waals surface area contributed by atoms with Crippen molar-refractivity contribution in [2.24, 2.45) is 0 Å². The first-order valence-corrected chi connectivity index (χ1v) is 6.31. The van der Waals surface area contributed by atoms with Gasteiger partial charge in [0.2, 0.25) is 0 Å². The van der Waals surface area contributed by atoms with Crippen molar-refractivity contribution in [3.63, 3.8) is 0 Å². The van der Waals surface area contributed by atoms with Gasteiger partial charge in [0, 0.05) is 16.1 Å². The number of rotatable bonds is 2. The molecule has 0 aliphatic carbocycles. The van der Waals surface area contributed by atoms with Crippen molar-refractivity contribution >= 4 is 34.5 Å². The van der Waals surface area contributed by atoms with Gasteiger partial charge in [0.25, 0.3) is 5.91 Å². The predicted molar refractivity (Wildman–Crippen MR) is 71.0 cm³/mol. The van der Waals surface area contributed by atoms with E-state index in [0.717, 1.165) is 10.6 Å². The second-order valence-corrected chi connectivity index (χ2v) is 5.14. The largest absolute Gasteiger partial charge is 0.321 e. The normalized spacial score (nSPS) is 10.3. The number of anilines is 1. The number of aromatic nitrogens is 1. The van der Waals surface area contributed by atoms with Gasteiger partial charge in [0.05, 0.1) is 5.01 Å². The fourth-order valence-electron chi connectivity index (χ4n) is 1.33. The van der Waals surface area contributed by atoms with Gasteiger partial charge in [-0.1, -0.05) is 17.7 Å². The van der Waals surface area contributed by atoms with Gasteiger partial charge in [0.15, 0.2) is 0 Å². The van der Waals surface area contributed by atoms with Crippen LogP contribution >= 0.6 is 22.9 Å². The Bertz CT molecular complexity index is 565. The highest BCUT2D eigenvalue weighted by Crippen LogP contribution is 2.20. The molecule has 0 unspecified atom stereocenters. The molecule has 2 rings (SSSR count). The van der Waals surface area contributed by atoms with E-state index in [1.54, 1.807) is 11.4 Å². The van der Waals surface area contributed by atoms with E-state index in [2.05, 4.69) is 10.3 Å². The third-order valence-corrected chi connectivity index (χ3v) is 3.46. The Labute approximate surface area is 108 Å². The number of nitrogens with zero attached hydrogens (tertiary/aromatic N) is 1. The van der Waals surface area contributed by atoms with Gasteiger partial charge in [-0.2, -0.15) is 0 Å². The number of hydrogen-bond donors (Lipinski definition) is 1. The van der Waals surface area contributed by atoms with E-state index in [-0.39, 0.29) is 5.91 Å². The maximum Gasteiger partial charge on any atom is 0.275 e. The molecule has 0 fully saturated rings. The SMILES string of the molecule is Cc1nc(C(=O)Nc2ccc(C)c(Cl)c2)cs1. The summed E-state index contributed by atoms with van der Waals surface area (Å²) in [7, 11) is 0. The quantitative estimate of drug-likeness (QED) is 0.901. The third kappa shape index (κ3) is 2.84. The molecule has 88 valence electrons. The number of aryl methyl sites for hydroxylation is 2. The van der Waals surface area contributed by atoms with Crippen molar-refractivity contribution < 1.29 is 4.79 Å². The molecule has 0 bridgehead atoms. The maximum atomic E-state index is 11.8. The van der Waals surface area contributed by atoms with Gasteiger partial charge >= 0.3 is 0 Å². The molecule has 0 saturated carbocycles. The van der Waals surface area contributed by atoms with Gasteiger partial charge in [-0.15, -0.1) is 11.3 Å². The molecule has 3 nitrogen and oxygen atoms in total. The average Bonchev–Trinajstić information content (AvgIpc) is 2.70. The number of benzene rings is 1. The minimum atomic E-state index is -0.214. The molecular weight excluding hydrogens is 256 g/mol. The topological polar surface area (TPSA) is 42.0 Å². The lowest BCUT2D eigenvalue weighted by Crippen LogP contribution is -2.12. The minimum absolute atomic E-state index is 0.214. The molecule has 1 aromatic carbocycles. The van der Waals surface area contributed by atoms with Gasteiger partial charge in [-0.3, -0.25) is 4.79 Å². The molecule has 2 aromatic rings. The van der Waals surface area contributed by atoms with Gasteiger partial charge in [-0.05, 0) is 31.5 Å². The molecule has 1 aromatic heterocycles. The molecule has 1 N–H and O–H groups in total. The number of thiazole rings is 1. The fraction of sp³-hybridized carbons (Fsp3) is 0.167. The Hall–Kier alpha value is -1.39. The van der Waals surface area contributed by atoms with E-state index in [1.807, 2.05) is 26.0 Å². The Kier molecular flexibility index (Phi) is 3.45. The van der Waals surface area contributed by atoms with Crippen LogP contribution in [0.1, 0.15) is 21.1 Å². The van der Waals surface area contributed by atoms with Crippen LogP contribution in [-0.4, -0.2) is 10.9 Å². The van der Waals surface area contributed by atoms with E-state index in [4.69, 9.17) is 11.6 Å². The Morgan fingerprint density at radius 1 is 1.41 bits per heavy atom. The number of halogens is 1. The smallest absolute Gasteiger partial charge is 0.275 e.